The fourth-order valence-corrected chi connectivity index (χ4v) is 3.55. The molecule has 6 nitrogen and oxygen atoms in total. The van der Waals surface area contributed by atoms with E-state index in [0.29, 0.717) is 12.1 Å². The lowest BCUT2D eigenvalue weighted by Crippen LogP contribution is -2.41. The zero-order valence-electron chi connectivity index (χ0n) is 16.2. The Hall–Kier alpha value is -2.70. The number of hydrogen-bond donors (Lipinski definition) is 1. The van der Waals surface area contributed by atoms with Crippen molar-refractivity contribution in [2.45, 2.75) is 13.5 Å². The summed E-state index contributed by atoms with van der Waals surface area (Å²) in [5.41, 5.74) is 4.03. The third-order valence-corrected chi connectivity index (χ3v) is 5.06. The van der Waals surface area contributed by atoms with Crippen LogP contribution in [0, 0.1) is 6.92 Å². The zero-order valence-corrected chi connectivity index (χ0v) is 16.2. The maximum Gasteiger partial charge on any atom is 0.251 e. The van der Waals surface area contributed by atoms with Crippen LogP contribution in [0.25, 0.3) is 10.9 Å². The van der Waals surface area contributed by atoms with E-state index in [1.54, 1.807) is 0 Å². The Bertz CT molecular complexity index is 960. The lowest BCUT2D eigenvalue weighted by molar-refractivity contribution is 0.0383. The highest BCUT2D eigenvalue weighted by Crippen LogP contribution is 2.16. The minimum absolute atomic E-state index is 0.0402. The van der Waals surface area contributed by atoms with Gasteiger partial charge in [-0.3, -0.25) is 14.4 Å². The molecule has 1 aliphatic rings. The third kappa shape index (κ3) is 4.58. The number of rotatable bonds is 6. The normalized spacial score (nSPS) is 15.0. The van der Waals surface area contributed by atoms with Crippen LogP contribution in [0.1, 0.15) is 21.5 Å². The van der Waals surface area contributed by atoms with E-state index in [9.17, 15) is 4.79 Å². The van der Waals surface area contributed by atoms with Crippen molar-refractivity contribution in [1.82, 2.24) is 20.0 Å². The SMILES string of the molecule is Cc1cccc(Cn2cc3cc(C(=O)NCCN4CCOCC4)ccc3n2)c1. The van der Waals surface area contributed by atoms with Gasteiger partial charge in [0.25, 0.3) is 5.91 Å². The van der Waals surface area contributed by atoms with Gasteiger partial charge in [-0.05, 0) is 30.7 Å². The molecular weight excluding hydrogens is 352 g/mol. The molecule has 1 saturated heterocycles. The van der Waals surface area contributed by atoms with Crippen molar-refractivity contribution in [2.75, 3.05) is 39.4 Å². The molecule has 0 atom stereocenters. The third-order valence-electron chi connectivity index (χ3n) is 5.06. The highest BCUT2D eigenvalue weighted by molar-refractivity contribution is 5.97. The fourth-order valence-electron chi connectivity index (χ4n) is 3.55. The summed E-state index contributed by atoms with van der Waals surface area (Å²) in [5.74, 6) is -0.0402. The van der Waals surface area contributed by atoms with E-state index in [1.807, 2.05) is 29.1 Å². The van der Waals surface area contributed by atoms with Crippen LogP contribution < -0.4 is 5.32 Å². The van der Waals surface area contributed by atoms with Crippen molar-refractivity contribution in [2.24, 2.45) is 0 Å². The molecule has 2 heterocycles. The second-order valence-corrected chi connectivity index (χ2v) is 7.30. The summed E-state index contributed by atoms with van der Waals surface area (Å²) in [6, 6.07) is 14.1. The Kier molecular flexibility index (Phi) is 5.69. The number of aryl methyl sites for hydroxylation is 1. The van der Waals surface area contributed by atoms with Crippen LogP contribution in [0.5, 0.6) is 0 Å². The maximum atomic E-state index is 12.5. The number of nitrogens with one attached hydrogen (secondary N) is 1. The molecule has 0 saturated carbocycles. The summed E-state index contributed by atoms with van der Waals surface area (Å²) in [7, 11) is 0. The van der Waals surface area contributed by atoms with Crippen molar-refractivity contribution < 1.29 is 9.53 Å². The van der Waals surface area contributed by atoms with Crippen molar-refractivity contribution in [1.29, 1.82) is 0 Å². The van der Waals surface area contributed by atoms with Gasteiger partial charge in [-0.25, -0.2) is 0 Å². The average Bonchev–Trinajstić information content (AvgIpc) is 3.10. The van der Waals surface area contributed by atoms with E-state index in [-0.39, 0.29) is 5.91 Å². The number of aromatic nitrogens is 2. The second-order valence-electron chi connectivity index (χ2n) is 7.30. The van der Waals surface area contributed by atoms with Gasteiger partial charge in [0.1, 0.15) is 0 Å². The molecule has 3 aromatic rings. The first-order valence-corrected chi connectivity index (χ1v) is 9.78. The highest BCUT2D eigenvalue weighted by atomic mass is 16.5. The molecule has 0 aliphatic carbocycles. The van der Waals surface area contributed by atoms with Gasteiger partial charge in [0, 0.05) is 43.3 Å². The zero-order chi connectivity index (χ0) is 19.3. The topological polar surface area (TPSA) is 59.4 Å². The molecule has 0 radical (unpaired) electrons. The Morgan fingerprint density at radius 1 is 1.18 bits per heavy atom. The van der Waals surface area contributed by atoms with Crippen LogP contribution in [0.3, 0.4) is 0 Å². The maximum absolute atomic E-state index is 12.5. The van der Waals surface area contributed by atoms with Crippen LogP contribution in [0.2, 0.25) is 0 Å². The Morgan fingerprint density at radius 3 is 2.86 bits per heavy atom. The standard InChI is InChI=1S/C22H26N4O2/c1-17-3-2-4-18(13-17)15-26-16-20-14-19(5-6-21(20)24-26)22(27)23-7-8-25-9-11-28-12-10-25/h2-6,13-14,16H,7-12,15H2,1H3,(H,23,27). The fraction of sp³-hybridized carbons (Fsp3) is 0.364. The highest BCUT2D eigenvalue weighted by Gasteiger charge is 2.12. The lowest BCUT2D eigenvalue weighted by Gasteiger charge is -2.26. The minimum Gasteiger partial charge on any atom is -0.379 e. The average molecular weight is 378 g/mol. The number of amides is 1. The molecule has 1 amide bonds. The van der Waals surface area contributed by atoms with Crippen LogP contribution in [-0.2, 0) is 11.3 Å². The van der Waals surface area contributed by atoms with Gasteiger partial charge in [0.15, 0.2) is 0 Å². The van der Waals surface area contributed by atoms with Crippen LogP contribution in [0.4, 0.5) is 0 Å². The molecule has 2 aromatic carbocycles. The largest absolute Gasteiger partial charge is 0.379 e. The number of carbonyl (C=O) groups excluding carboxylic acids is 1. The van der Waals surface area contributed by atoms with Gasteiger partial charge < -0.3 is 10.1 Å². The first-order valence-electron chi connectivity index (χ1n) is 9.78. The van der Waals surface area contributed by atoms with Crippen molar-refractivity contribution in [3.8, 4) is 0 Å². The number of morpholine rings is 1. The molecule has 0 unspecified atom stereocenters. The van der Waals surface area contributed by atoms with Crippen LogP contribution in [-0.4, -0.2) is 60.0 Å². The van der Waals surface area contributed by atoms with Crippen LogP contribution in [0.15, 0.2) is 48.7 Å². The van der Waals surface area contributed by atoms with Crippen molar-refractivity contribution in [3.05, 3.63) is 65.4 Å². The van der Waals surface area contributed by atoms with Gasteiger partial charge in [-0.15, -0.1) is 0 Å². The summed E-state index contributed by atoms with van der Waals surface area (Å²) < 4.78 is 7.28. The van der Waals surface area contributed by atoms with E-state index in [1.165, 1.54) is 11.1 Å². The monoisotopic (exact) mass is 378 g/mol. The van der Waals surface area contributed by atoms with Gasteiger partial charge in [-0.1, -0.05) is 29.8 Å². The molecule has 28 heavy (non-hydrogen) atoms. The molecule has 6 heteroatoms. The summed E-state index contributed by atoms with van der Waals surface area (Å²) >= 11 is 0. The van der Waals surface area contributed by atoms with Gasteiger partial charge in [0.05, 0.1) is 25.3 Å². The summed E-state index contributed by atoms with van der Waals surface area (Å²) in [4.78, 5) is 14.8. The molecule has 1 aromatic heterocycles. The number of benzene rings is 2. The quantitative estimate of drug-likeness (QED) is 0.716. The number of nitrogens with zero attached hydrogens (tertiary/aromatic N) is 3. The predicted molar refractivity (Wildman–Crippen MR) is 110 cm³/mol. The number of hydrogen-bond acceptors (Lipinski definition) is 4. The van der Waals surface area contributed by atoms with E-state index >= 15 is 0 Å². The number of carbonyl (C=O) groups is 1. The molecule has 146 valence electrons. The smallest absolute Gasteiger partial charge is 0.251 e. The second kappa shape index (κ2) is 8.54. The summed E-state index contributed by atoms with van der Waals surface area (Å²) in [6.45, 7) is 7.72. The van der Waals surface area contributed by atoms with E-state index in [4.69, 9.17) is 4.74 Å². The Morgan fingerprint density at radius 2 is 2.04 bits per heavy atom. The van der Waals surface area contributed by atoms with Crippen LogP contribution >= 0.6 is 0 Å². The van der Waals surface area contributed by atoms with Gasteiger partial charge in [0.2, 0.25) is 0 Å². The molecule has 1 N–H and O–H groups in total. The molecule has 1 fully saturated rings. The first-order chi connectivity index (χ1) is 13.7. The minimum atomic E-state index is -0.0402. The molecule has 1 aliphatic heterocycles. The summed E-state index contributed by atoms with van der Waals surface area (Å²) in [6.07, 6.45) is 2.00. The molecular formula is C22H26N4O2. The molecule has 0 bridgehead atoms. The molecule has 0 spiro atoms. The number of fused-ring (bicyclic) bond motifs is 1. The van der Waals surface area contributed by atoms with Gasteiger partial charge >= 0.3 is 0 Å². The first kappa shape index (κ1) is 18.7. The molecule has 4 rings (SSSR count). The van der Waals surface area contributed by atoms with E-state index < -0.39 is 0 Å². The Labute approximate surface area is 165 Å². The van der Waals surface area contributed by atoms with Gasteiger partial charge in [-0.2, -0.15) is 5.10 Å². The summed E-state index contributed by atoms with van der Waals surface area (Å²) in [5, 5.41) is 8.62. The predicted octanol–water partition coefficient (Wildman–Crippen LogP) is 2.46. The van der Waals surface area contributed by atoms with E-state index in [0.717, 1.165) is 50.3 Å². The van der Waals surface area contributed by atoms with E-state index in [2.05, 4.69) is 46.5 Å². The lowest BCUT2D eigenvalue weighted by atomic mass is 10.1. The van der Waals surface area contributed by atoms with Crippen molar-refractivity contribution in [3.63, 3.8) is 0 Å². The van der Waals surface area contributed by atoms with Crippen molar-refractivity contribution >= 4 is 16.8 Å². The number of ether oxygens (including phenoxy) is 1. The Balaban J connectivity index is 1.38.